The third-order valence-corrected chi connectivity index (χ3v) is 4.38. The van der Waals surface area contributed by atoms with Crippen molar-refractivity contribution < 1.29 is 4.39 Å². The van der Waals surface area contributed by atoms with E-state index in [2.05, 4.69) is 15.9 Å². The fraction of sp³-hybridized carbons (Fsp3) is 0.538. The van der Waals surface area contributed by atoms with E-state index in [0.29, 0.717) is 10.7 Å². The number of rotatable bonds is 2. The van der Waals surface area contributed by atoms with Gasteiger partial charge in [-0.05, 0) is 36.8 Å². The Hall–Kier alpha value is -0.0800. The molecule has 1 aromatic carbocycles. The van der Waals surface area contributed by atoms with Crippen molar-refractivity contribution in [1.82, 2.24) is 0 Å². The average Bonchev–Trinajstić information content (AvgIpc) is 2.25. The monoisotopic (exact) mass is 304 g/mol. The van der Waals surface area contributed by atoms with Crippen LogP contribution >= 0.6 is 27.5 Å². The lowest BCUT2D eigenvalue weighted by Crippen LogP contribution is -2.17. The van der Waals surface area contributed by atoms with E-state index in [-0.39, 0.29) is 10.8 Å². The number of hydrogen-bond acceptors (Lipinski definition) is 0. The molecule has 16 heavy (non-hydrogen) atoms. The maximum Gasteiger partial charge on any atom is 0.144 e. The van der Waals surface area contributed by atoms with Gasteiger partial charge in [0, 0.05) is 4.83 Å². The van der Waals surface area contributed by atoms with E-state index >= 15 is 0 Å². The van der Waals surface area contributed by atoms with E-state index in [4.69, 9.17) is 11.6 Å². The van der Waals surface area contributed by atoms with E-state index in [9.17, 15) is 4.39 Å². The van der Waals surface area contributed by atoms with Gasteiger partial charge in [-0.3, -0.25) is 0 Å². The Bertz CT molecular complexity index is 367. The molecule has 2 rings (SSSR count). The summed E-state index contributed by atoms with van der Waals surface area (Å²) in [6.45, 7) is 0. The van der Waals surface area contributed by atoms with Gasteiger partial charge in [-0.2, -0.15) is 0 Å². The molecule has 2 atom stereocenters. The Morgan fingerprint density at radius 1 is 1.38 bits per heavy atom. The Balaban J connectivity index is 2.05. The Kier molecular flexibility index (Phi) is 4.26. The summed E-state index contributed by atoms with van der Waals surface area (Å²) in [5.41, 5.74) is 0.763. The molecule has 0 N–H and O–H groups in total. The van der Waals surface area contributed by atoms with Crippen molar-refractivity contribution in [2.24, 2.45) is 5.92 Å². The summed E-state index contributed by atoms with van der Waals surface area (Å²) < 4.78 is 13.7. The molecular weight excluding hydrogens is 290 g/mol. The molecule has 0 nitrogen and oxygen atoms in total. The fourth-order valence-corrected chi connectivity index (χ4v) is 3.47. The first-order valence-electron chi connectivity index (χ1n) is 5.73. The summed E-state index contributed by atoms with van der Waals surface area (Å²) >= 11 is 9.43. The van der Waals surface area contributed by atoms with Gasteiger partial charge in [-0.15, -0.1) is 0 Å². The van der Waals surface area contributed by atoms with Gasteiger partial charge < -0.3 is 0 Å². The maximum atomic E-state index is 13.7. The van der Waals surface area contributed by atoms with Crippen LogP contribution in [0.25, 0.3) is 0 Å². The quantitative estimate of drug-likeness (QED) is 0.676. The lowest BCUT2D eigenvalue weighted by molar-refractivity contribution is 0.364. The average molecular weight is 306 g/mol. The summed E-state index contributed by atoms with van der Waals surface area (Å²) in [5, 5.41) is 0.240. The predicted molar refractivity (Wildman–Crippen MR) is 69.8 cm³/mol. The molecule has 1 aliphatic rings. The second kappa shape index (κ2) is 5.50. The zero-order valence-corrected chi connectivity index (χ0v) is 11.4. The minimum atomic E-state index is -0.235. The molecule has 2 unspecified atom stereocenters. The minimum Gasteiger partial charge on any atom is -0.205 e. The highest BCUT2D eigenvalue weighted by atomic mass is 79.9. The third-order valence-electron chi connectivity index (χ3n) is 3.26. The highest BCUT2D eigenvalue weighted by Crippen LogP contribution is 2.32. The SMILES string of the molecule is Fc1c(Cl)cccc1CC1CCCC(Br)C1. The van der Waals surface area contributed by atoms with Crippen LogP contribution in [0, 0.1) is 11.7 Å². The minimum absolute atomic E-state index is 0.235. The van der Waals surface area contributed by atoms with E-state index in [1.54, 1.807) is 6.07 Å². The molecule has 1 fully saturated rings. The second-order valence-electron chi connectivity index (χ2n) is 4.55. The van der Waals surface area contributed by atoms with Crippen LogP contribution < -0.4 is 0 Å². The summed E-state index contributed by atoms with van der Waals surface area (Å²) in [7, 11) is 0. The van der Waals surface area contributed by atoms with Crippen LogP contribution in [0.3, 0.4) is 0 Å². The van der Waals surface area contributed by atoms with Crippen molar-refractivity contribution in [2.45, 2.75) is 36.9 Å². The molecule has 0 radical (unpaired) electrons. The molecule has 0 saturated heterocycles. The zero-order chi connectivity index (χ0) is 11.5. The molecule has 0 spiro atoms. The fourth-order valence-electron chi connectivity index (χ4n) is 2.43. The van der Waals surface area contributed by atoms with Gasteiger partial charge in [-0.25, -0.2) is 4.39 Å². The van der Waals surface area contributed by atoms with Crippen molar-refractivity contribution >= 4 is 27.5 Å². The van der Waals surface area contributed by atoms with E-state index < -0.39 is 0 Å². The normalized spacial score (nSPS) is 25.7. The number of benzene rings is 1. The second-order valence-corrected chi connectivity index (χ2v) is 6.25. The summed E-state index contributed by atoms with van der Waals surface area (Å²) in [6, 6.07) is 5.28. The van der Waals surface area contributed by atoms with Gasteiger partial charge in [0.05, 0.1) is 5.02 Å². The first kappa shape index (κ1) is 12.4. The molecule has 0 amide bonds. The molecule has 0 aliphatic heterocycles. The maximum absolute atomic E-state index is 13.7. The molecule has 0 heterocycles. The van der Waals surface area contributed by atoms with Crippen LogP contribution in [0.2, 0.25) is 5.02 Å². The van der Waals surface area contributed by atoms with Gasteiger partial charge in [0.2, 0.25) is 0 Å². The summed E-state index contributed by atoms with van der Waals surface area (Å²) in [6.07, 6.45) is 5.64. The molecule has 88 valence electrons. The molecular formula is C13H15BrClF. The van der Waals surface area contributed by atoms with Gasteiger partial charge in [0.25, 0.3) is 0 Å². The van der Waals surface area contributed by atoms with Crippen molar-refractivity contribution in [3.8, 4) is 0 Å². The van der Waals surface area contributed by atoms with Crippen molar-refractivity contribution in [2.75, 3.05) is 0 Å². The topological polar surface area (TPSA) is 0 Å². The van der Waals surface area contributed by atoms with Crippen LogP contribution in [0.4, 0.5) is 4.39 Å². The molecule has 3 heteroatoms. The van der Waals surface area contributed by atoms with Crippen LogP contribution in [-0.2, 0) is 6.42 Å². The number of alkyl halides is 1. The predicted octanol–water partition coefficient (Wildman–Crippen LogP) is 4.98. The Morgan fingerprint density at radius 3 is 2.94 bits per heavy atom. The lowest BCUT2D eigenvalue weighted by atomic mass is 9.85. The highest BCUT2D eigenvalue weighted by molar-refractivity contribution is 9.09. The Morgan fingerprint density at radius 2 is 2.19 bits per heavy atom. The highest BCUT2D eigenvalue weighted by Gasteiger charge is 2.21. The van der Waals surface area contributed by atoms with Crippen molar-refractivity contribution in [3.63, 3.8) is 0 Å². The molecule has 0 bridgehead atoms. The largest absolute Gasteiger partial charge is 0.205 e. The van der Waals surface area contributed by atoms with Gasteiger partial charge in [0.15, 0.2) is 0 Å². The Labute approximate surface area is 109 Å². The zero-order valence-electron chi connectivity index (χ0n) is 9.06. The van der Waals surface area contributed by atoms with Crippen molar-refractivity contribution in [3.05, 3.63) is 34.6 Å². The number of hydrogen-bond donors (Lipinski definition) is 0. The van der Waals surface area contributed by atoms with Crippen LogP contribution in [0.15, 0.2) is 18.2 Å². The van der Waals surface area contributed by atoms with Gasteiger partial charge in [-0.1, -0.05) is 52.5 Å². The van der Waals surface area contributed by atoms with Crippen LogP contribution in [-0.4, -0.2) is 4.83 Å². The van der Waals surface area contributed by atoms with E-state index in [0.717, 1.165) is 18.4 Å². The lowest BCUT2D eigenvalue weighted by Gasteiger charge is -2.25. The summed E-state index contributed by atoms with van der Waals surface area (Å²) in [5.74, 6) is 0.354. The van der Waals surface area contributed by atoms with Crippen molar-refractivity contribution in [1.29, 1.82) is 0 Å². The molecule has 1 aliphatic carbocycles. The van der Waals surface area contributed by atoms with Gasteiger partial charge >= 0.3 is 0 Å². The first-order valence-corrected chi connectivity index (χ1v) is 7.03. The summed E-state index contributed by atoms with van der Waals surface area (Å²) in [4.78, 5) is 0.605. The smallest absolute Gasteiger partial charge is 0.144 e. The molecule has 1 aromatic rings. The van der Waals surface area contributed by atoms with Gasteiger partial charge in [0.1, 0.15) is 5.82 Å². The van der Waals surface area contributed by atoms with E-state index in [1.165, 1.54) is 19.3 Å². The molecule has 0 aromatic heterocycles. The van der Waals surface area contributed by atoms with Crippen LogP contribution in [0.5, 0.6) is 0 Å². The van der Waals surface area contributed by atoms with E-state index in [1.807, 2.05) is 12.1 Å². The first-order chi connectivity index (χ1) is 7.66. The third kappa shape index (κ3) is 2.98. The standard InChI is InChI=1S/C13H15BrClF/c14-11-5-1-3-9(8-11)7-10-4-2-6-12(15)13(10)16/h2,4,6,9,11H,1,3,5,7-8H2. The number of halogens is 3. The molecule has 1 saturated carbocycles. The van der Waals surface area contributed by atoms with Crippen LogP contribution in [0.1, 0.15) is 31.2 Å².